The number of thiazole rings is 1. The number of aromatic hydroxyl groups is 1. The average molecular weight is 604 g/mol. The van der Waals surface area contributed by atoms with Crippen molar-refractivity contribution in [3.63, 3.8) is 0 Å². The summed E-state index contributed by atoms with van der Waals surface area (Å²) in [7, 11) is 1.23. The molecule has 2 aromatic carbocycles. The Morgan fingerprint density at radius 2 is 1.95 bits per heavy atom. The Morgan fingerprint density at radius 3 is 2.61 bits per heavy atom. The maximum atomic E-state index is 13.7. The molecule has 38 heavy (non-hydrogen) atoms. The van der Waals surface area contributed by atoms with Crippen LogP contribution in [0.3, 0.4) is 0 Å². The number of methoxy groups -OCH3 is 1. The number of halogens is 1. The minimum atomic E-state index is -0.902. The molecule has 0 fully saturated rings. The number of nitro benzene ring substituents is 1. The van der Waals surface area contributed by atoms with Crippen molar-refractivity contribution in [2.24, 2.45) is 4.99 Å². The molecule has 0 amide bonds. The summed E-state index contributed by atoms with van der Waals surface area (Å²) >= 11 is 4.21. The number of esters is 1. The Balaban J connectivity index is 1.94. The highest BCUT2D eigenvalue weighted by Gasteiger charge is 2.31. The molecule has 2 heterocycles. The normalized spacial score (nSPS) is 14.8. The molecule has 0 radical (unpaired) electrons. The van der Waals surface area contributed by atoms with Crippen molar-refractivity contribution in [2.75, 3.05) is 20.3 Å². The fraction of sp³-hybridized carbons (Fsp3) is 0.240. The van der Waals surface area contributed by atoms with Crippen molar-refractivity contribution in [3.05, 3.63) is 87.5 Å². The number of rotatable bonds is 8. The van der Waals surface area contributed by atoms with E-state index in [0.717, 1.165) is 11.3 Å². The van der Waals surface area contributed by atoms with Crippen molar-refractivity contribution in [3.8, 4) is 17.2 Å². The van der Waals surface area contributed by atoms with Crippen LogP contribution in [-0.2, 0) is 9.53 Å². The molecule has 0 saturated heterocycles. The van der Waals surface area contributed by atoms with Crippen LogP contribution in [0.1, 0.15) is 31.0 Å². The van der Waals surface area contributed by atoms with Crippen LogP contribution >= 0.6 is 27.3 Å². The molecule has 1 aromatic heterocycles. The van der Waals surface area contributed by atoms with E-state index in [1.54, 1.807) is 18.2 Å². The Labute approximate surface area is 228 Å². The largest absolute Gasteiger partial charge is 0.502 e. The number of carbonyl (C=O) groups excluding carboxylic acids is 1. The maximum Gasteiger partial charge on any atom is 0.337 e. The molecule has 3 aromatic rings. The van der Waals surface area contributed by atoms with E-state index in [9.17, 15) is 24.8 Å². The monoisotopic (exact) mass is 603 g/mol. The first-order valence-electron chi connectivity index (χ1n) is 11.4. The summed E-state index contributed by atoms with van der Waals surface area (Å²) in [6.45, 7) is 4.46. The van der Waals surface area contributed by atoms with Crippen LogP contribution < -0.4 is 24.4 Å². The quantitative estimate of drug-likeness (QED) is 0.235. The van der Waals surface area contributed by atoms with Crippen LogP contribution in [0.2, 0.25) is 0 Å². The molecule has 1 N–H and O–H groups in total. The zero-order valence-corrected chi connectivity index (χ0v) is 22.9. The minimum absolute atomic E-state index is 0.0692. The molecule has 0 spiro atoms. The highest BCUT2D eigenvalue weighted by molar-refractivity contribution is 9.10. The second-order valence-electron chi connectivity index (χ2n) is 7.87. The third-order valence-electron chi connectivity index (χ3n) is 5.58. The maximum absolute atomic E-state index is 13.7. The van der Waals surface area contributed by atoms with Gasteiger partial charge in [0.1, 0.15) is 0 Å². The summed E-state index contributed by atoms with van der Waals surface area (Å²) in [5.41, 5.74) is -0.278. The lowest BCUT2D eigenvalue weighted by Gasteiger charge is -2.23. The van der Waals surface area contributed by atoms with Gasteiger partial charge in [0, 0.05) is 22.3 Å². The second-order valence-corrected chi connectivity index (χ2v) is 9.79. The number of hydrogen-bond acceptors (Lipinski definition) is 10. The van der Waals surface area contributed by atoms with Crippen molar-refractivity contribution < 1.29 is 29.0 Å². The number of phenols is 1. The van der Waals surface area contributed by atoms with E-state index in [2.05, 4.69) is 20.9 Å². The molecule has 4 rings (SSSR count). The number of nitro groups is 1. The molecule has 1 aliphatic rings. The summed E-state index contributed by atoms with van der Waals surface area (Å²) < 4.78 is 18.2. The molecule has 198 valence electrons. The van der Waals surface area contributed by atoms with Crippen LogP contribution in [-0.4, -0.2) is 40.9 Å². The number of aromatic nitrogens is 1. The third-order valence-corrected chi connectivity index (χ3v) is 7.03. The fourth-order valence-electron chi connectivity index (χ4n) is 3.98. The van der Waals surface area contributed by atoms with Gasteiger partial charge in [-0.1, -0.05) is 33.3 Å². The smallest absolute Gasteiger partial charge is 0.337 e. The van der Waals surface area contributed by atoms with Gasteiger partial charge >= 0.3 is 11.7 Å². The number of benzene rings is 2. The van der Waals surface area contributed by atoms with E-state index < -0.39 is 33.9 Å². The zero-order valence-electron chi connectivity index (χ0n) is 20.5. The van der Waals surface area contributed by atoms with Crippen LogP contribution in [0.5, 0.6) is 17.2 Å². The summed E-state index contributed by atoms with van der Waals surface area (Å²) in [6.07, 6.45) is 2.70. The second kappa shape index (κ2) is 11.2. The van der Waals surface area contributed by atoms with E-state index in [1.165, 1.54) is 36.1 Å². The lowest BCUT2D eigenvalue weighted by molar-refractivity contribution is -0.385. The van der Waals surface area contributed by atoms with Gasteiger partial charge < -0.3 is 19.3 Å². The van der Waals surface area contributed by atoms with Gasteiger partial charge in [-0.2, -0.15) is 0 Å². The molecule has 1 aliphatic heterocycles. The number of hydrogen-bond donors (Lipinski definition) is 1. The lowest BCUT2D eigenvalue weighted by Crippen LogP contribution is -2.39. The Bertz CT molecular complexity index is 1640. The van der Waals surface area contributed by atoms with Crippen LogP contribution in [0.15, 0.2) is 56.4 Å². The van der Waals surface area contributed by atoms with E-state index in [4.69, 9.17) is 14.2 Å². The molecule has 0 saturated carbocycles. The molecule has 11 nitrogen and oxygen atoms in total. The Kier molecular flexibility index (Phi) is 7.97. The van der Waals surface area contributed by atoms with Gasteiger partial charge in [0.15, 0.2) is 16.3 Å². The molecule has 0 unspecified atom stereocenters. The van der Waals surface area contributed by atoms with E-state index in [-0.39, 0.29) is 20.5 Å². The third kappa shape index (κ3) is 5.07. The summed E-state index contributed by atoms with van der Waals surface area (Å²) in [4.78, 5) is 41.6. The standard InChI is InChI=1S/C25H22BrN3O8S/c1-4-36-18-7-6-13(9-19(18)37-5-2)21-16(24(32)35-3)12-27-25-28(21)23(31)20(38-25)10-14-8-15(26)11-17(22(14)30)29(33)34/h6-12,21,30H,4-5H2,1-3H3/b20-10+/t21-/m1/s1. The van der Waals surface area contributed by atoms with Crippen LogP contribution in [0.4, 0.5) is 5.69 Å². The predicted octanol–water partition coefficient (Wildman–Crippen LogP) is 3.19. The highest BCUT2D eigenvalue weighted by Crippen LogP contribution is 2.36. The van der Waals surface area contributed by atoms with Crippen molar-refractivity contribution in [1.29, 1.82) is 0 Å². The number of phenolic OH excluding ortho intramolecular Hbond substituents is 1. The van der Waals surface area contributed by atoms with Gasteiger partial charge in [0.25, 0.3) is 5.56 Å². The van der Waals surface area contributed by atoms with Gasteiger partial charge in [0.2, 0.25) is 5.75 Å². The van der Waals surface area contributed by atoms with E-state index >= 15 is 0 Å². The van der Waals surface area contributed by atoms with Gasteiger partial charge in [-0.25, -0.2) is 9.79 Å². The predicted molar refractivity (Wildman–Crippen MR) is 142 cm³/mol. The molecule has 13 heteroatoms. The van der Waals surface area contributed by atoms with Gasteiger partial charge in [0.05, 0.1) is 41.4 Å². The lowest BCUT2D eigenvalue weighted by atomic mass is 9.97. The van der Waals surface area contributed by atoms with Crippen molar-refractivity contribution >= 4 is 45.0 Å². The minimum Gasteiger partial charge on any atom is -0.502 e. The fourth-order valence-corrected chi connectivity index (χ4v) is 5.41. The Hall–Kier alpha value is -3.97. The van der Waals surface area contributed by atoms with Gasteiger partial charge in [-0.05, 0) is 43.7 Å². The number of carbonyl (C=O) groups is 1. The summed E-state index contributed by atoms with van der Waals surface area (Å²) in [5, 5.41) is 21.8. The van der Waals surface area contributed by atoms with Crippen molar-refractivity contribution in [2.45, 2.75) is 19.9 Å². The number of ether oxygens (including phenoxy) is 3. The average Bonchev–Trinajstić information content (AvgIpc) is 3.21. The molecule has 0 aliphatic carbocycles. The van der Waals surface area contributed by atoms with Crippen LogP contribution in [0.25, 0.3) is 6.08 Å². The highest BCUT2D eigenvalue weighted by atomic mass is 79.9. The van der Waals surface area contributed by atoms with E-state index in [0.29, 0.717) is 34.7 Å². The first-order chi connectivity index (χ1) is 18.2. The van der Waals surface area contributed by atoms with E-state index in [1.807, 2.05) is 13.8 Å². The van der Waals surface area contributed by atoms with Gasteiger partial charge in [-0.3, -0.25) is 19.5 Å². The zero-order chi connectivity index (χ0) is 27.6. The first-order valence-corrected chi connectivity index (χ1v) is 13.0. The van der Waals surface area contributed by atoms with Gasteiger partial charge in [-0.15, -0.1) is 0 Å². The molecule has 1 atom stereocenters. The topological polar surface area (TPSA) is 142 Å². The summed E-state index contributed by atoms with van der Waals surface area (Å²) in [6, 6.07) is 6.84. The summed E-state index contributed by atoms with van der Waals surface area (Å²) in [5.74, 6) is -0.286. The van der Waals surface area contributed by atoms with Crippen LogP contribution in [0, 0.1) is 10.1 Å². The Morgan fingerprint density at radius 1 is 1.24 bits per heavy atom. The SMILES string of the molecule is CCOc1ccc([C@@H]2C(C(=O)OC)=CN=c3s/c(=C/c4cc(Br)cc([N+](=O)[O-])c4O)c(=O)n32)cc1OCC. The number of nitrogens with zero attached hydrogens (tertiary/aromatic N) is 3. The number of fused-ring (bicyclic) bond motifs is 1. The molecule has 0 bridgehead atoms. The molecular weight excluding hydrogens is 582 g/mol. The molecular formula is C25H22BrN3O8S. The van der Waals surface area contributed by atoms with Crippen molar-refractivity contribution in [1.82, 2.24) is 4.57 Å². The first kappa shape index (κ1) is 27.1.